The molecular weight excluding hydrogens is 382 g/mol. The van der Waals surface area contributed by atoms with Gasteiger partial charge in [0, 0.05) is 13.1 Å². The molecule has 0 unspecified atom stereocenters. The van der Waals surface area contributed by atoms with Gasteiger partial charge < -0.3 is 19.1 Å². The van der Waals surface area contributed by atoms with Crippen LogP contribution in [0.2, 0.25) is 0 Å². The quantitative estimate of drug-likeness (QED) is 0.592. The van der Waals surface area contributed by atoms with Crippen LogP contribution in [0.5, 0.6) is 11.5 Å². The van der Waals surface area contributed by atoms with Crippen LogP contribution in [0.15, 0.2) is 40.8 Å². The van der Waals surface area contributed by atoms with Crippen molar-refractivity contribution in [3.63, 3.8) is 0 Å². The van der Waals surface area contributed by atoms with Gasteiger partial charge in [0.1, 0.15) is 0 Å². The first-order valence-electron chi connectivity index (χ1n) is 8.85. The fraction of sp³-hybridized carbons (Fsp3) is 0.316. The minimum absolute atomic E-state index is 0.271. The van der Waals surface area contributed by atoms with Crippen molar-refractivity contribution in [2.24, 2.45) is 5.10 Å². The number of hydrazone groups is 1. The number of hydrogen-bond donors (Lipinski definition) is 1. The van der Waals surface area contributed by atoms with Gasteiger partial charge >= 0.3 is 6.09 Å². The van der Waals surface area contributed by atoms with Crippen LogP contribution >= 0.6 is 11.3 Å². The molecule has 2 aromatic rings. The summed E-state index contributed by atoms with van der Waals surface area (Å²) in [6.07, 6.45) is 1.07. The number of amides is 2. The summed E-state index contributed by atoms with van der Waals surface area (Å²) in [7, 11) is 0. The zero-order chi connectivity index (χ0) is 19.8. The average Bonchev–Trinajstić information content (AvgIpc) is 3.25. The third-order valence-electron chi connectivity index (χ3n) is 3.86. The maximum absolute atomic E-state index is 12.3. The summed E-state index contributed by atoms with van der Waals surface area (Å²) in [6, 6.07) is 8.60. The number of carbonyl (C=O) groups excluding carboxylic acids is 2. The molecule has 1 aromatic carbocycles. The van der Waals surface area contributed by atoms with Gasteiger partial charge in [-0.15, -0.1) is 11.3 Å². The smallest absolute Gasteiger partial charge is 0.415 e. The Kier molecular flexibility index (Phi) is 6.99. The highest BCUT2D eigenvalue weighted by molar-refractivity contribution is 7.12. The van der Waals surface area contributed by atoms with E-state index in [-0.39, 0.29) is 5.91 Å². The zero-order valence-electron chi connectivity index (χ0n) is 15.4. The normalized spacial score (nSPS) is 14.1. The Morgan fingerprint density at radius 1 is 1.29 bits per heavy atom. The zero-order valence-corrected chi connectivity index (χ0v) is 16.2. The van der Waals surface area contributed by atoms with Gasteiger partial charge in [-0.3, -0.25) is 4.79 Å². The summed E-state index contributed by atoms with van der Waals surface area (Å²) in [4.78, 5) is 26.3. The van der Waals surface area contributed by atoms with Gasteiger partial charge in [-0.1, -0.05) is 6.07 Å². The van der Waals surface area contributed by atoms with Crippen molar-refractivity contribution in [2.45, 2.75) is 6.92 Å². The highest BCUT2D eigenvalue weighted by atomic mass is 32.1. The van der Waals surface area contributed by atoms with E-state index in [4.69, 9.17) is 14.2 Å². The Hall–Kier alpha value is -2.91. The Balaban J connectivity index is 1.65. The Morgan fingerprint density at radius 2 is 2.11 bits per heavy atom. The van der Waals surface area contributed by atoms with Gasteiger partial charge in [-0.05, 0) is 42.1 Å². The summed E-state index contributed by atoms with van der Waals surface area (Å²) in [5.74, 6) is 0.489. The van der Waals surface area contributed by atoms with Gasteiger partial charge in [0.05, 0.1) is 30.9 Å². The number of benzene rings is 1. The minimum Gasteiger partial charge on any atom is -0.490 e. The summed E-state index contributed by atoms with van der Waals surface area (Å²) in [5.41, 5.74) is 3.17. The molecule has 9 heteroatoms. The van der Waals surface area contributed by atoms with Crippen molar-refractivity contribution >= 4 is 29.6 Å². The number of hydrogen-bond acceptors (Lipinski definition) is 7. The van der Waals surface area contributed by atoms with Crippen LogP contribution in [0.25, 0.3) is 0 Å². The first kappa shape index (κ1) is 19.8. The molecule has 1 aliphatic heterocycles. The van der Waals surface area contributed by atoms with Gasteiger partial charge in [0.15, 0.2) is 11.5 Å². The molecule has 1 aliphatic rings. The number of thiophene rings is 1. The van der Waals surface area contributed by atoms with E-state index < -0.39 is 6.09 Å². The second-order valence-electron chi connectivity index (χ2n) is 5.78. The molecule has 148 valence electrons. The van der Waals surface area contributed by atoms with Crippen LogP contribution in [0.1, 0.15) is 22.2 Å². The van der Waals surface area contributed by atoms with Crippen molar-refractivity contribution in [3.05, 3.63) is 46.2 Å². The van der Waals surface area contributed by atoms with E-state index in [1.807, 2.05) is 12.3 Å². The second kappa shape index (κ2) is 9.86. The van der Waals surface area contributed by atoms with Crippen LogP contribution in [0, 0.1) is 0 Å². The molecule has 8 nitrogen and oxygen atoms in total. The lowest BCUT2D eigenvalue weighted by Gasteiger charge is -2.26. The number of ether oxygens (including phenoxy) is 3. The van der Waals surface area contributed by atoms with Crippen LogP contribution < -0.4 is 14.9 Å². The van der Waals surface area contributed by atoms with E-state index in [0.717, 1.165) is 0 Å². The molecule has 1 N–H and O–H groups in total. The molecule has 0 atom stereocenters. The highest BCUT2D eigenvalue weighted by Gasteiger charge is 2.20. The molecule has 0 saturated carbocycles. The van der Waals surface area contributed by atoms with Crippen LogP contribution in [-0.4, -0.2) is 56.0 Å². The largest absolute Gasteiger partial charge is 0.490 e. The van der Waals surface area contributed by atoms with Crippen LogP contribution in [0.4, 0.5) is 4.79 Å². The van der Waals surface area contributed by atoms with Crippen molar-refractivity contribution in [1.82, 2.24) is 10.3 Å². The third-order valence-corrected chi connectivity index (χ3v) is 4.73. The van der Waals surface area contributed by atoms with Crippen molar-refractivity contribution in [1.29, 1.82) is 0 Å². The van der Waals surface area contributed by atoms with E-state index in [0.29, 0.717) is 54.8 Å². The molecule has 1 saturated heterocycles. The molecule has 2 heterocycles. The van der Waals surface area contributed by atoms with Crippen LogP contribution in [0.3, 0.4) is 0 Å². The minimum atomic E-state index is -0.436. The number of morpholine rings is 1. The molecule has 3 rings (SSSR count). The van der Waals surface area contributed by atoms with Gasteiger partial charge in [0.25, 0.3) is 5.91 Å². The second-order valence-corrected chi connectivity index (χ2v) is 6.73. The lowest BCUT2D eigenvalue weighted by Crippen LogP contribution is -2.42. The standard InChI is InChI=1S/C19H21N3O5S/c1-2-26-16-12-14(13-20-21-18(23)17-4-3-11-28-17)5-6-15(16)27-19(24)22-7-9-25-10-8-22/h3-6,11-13H,2,7-10H2,1H3,(H,21,23)/b20-13-. The molecular formula is C19H21N3O5S. The molecule has 1 fully saturated rings. The fourth-order valence-electron chi connectivity index (χ4n) is 2.49. The maximum atomic E-state index is 12.3. The lowest BCUT2D eigenvalue weighted by atomic mass is 10.2. The number of rotatable bonds is 6. The van der Waals surface area contributed by atoms with Crippen molar-refractivity contribution in [2.75, 3.05) is 32.9 Å². The first-order chi connectivity index (χ1) is 13.7. The Bertz CT molecular complexity index is 832. The number of nitrogens with one attached hydrogen (secondary N) is 1. The van der Waals surface area contributed by atoms with E-state index in [1.165, 1.54) is 17.6 Å². The summed E-state index contributed by atoms with van der Waals surface area (Å²) >= 11 is 1.34. The molecule has 28 heavy (non-hydrogen) atoms. The van der Waals surface area contributed by atoms with Gasteiger partial charge in [0.2, 0.25) is 0 Å². The molecule has 1 aromatic heterocycles. The first-order valence-corrected chi connectivity index (χ1v) is 9.73. The Labute approximate surface area is 166 Å². The van der Waals surface area contributed by atoms with Crippen molar-refractivity contribution in [3.8, 4) is 11.5 Å². The SMILES string of the molecule is CCOc1cc(/C=N\NC(=O)c2cccs2)ccc1OC(=O)N1CCOCC1. The summed E-state index contributed by atoms with van der Waals surface area (Å²) in [6.45, 7) is 4.25. The van der Waals surface area contributed by atoms with Crippen LogP contribution in [-0.2, 0) is 4.74 Å². The maximum Gasteiger partial charge on any atom is 0.415 e. The van der Waals surface area contributed by atoms with E-state index in [9.17, 15) is 9.59 Å². The van der Waals surface area contributed by atoms with Gasteiger partial charge in [-0.2, -0.15) is 5.10 Å². The molecule has 0 bridgehead atoms. The predicted octanol–water partition coefficient (Wildman–Crippen LogP) is 2.74. The molecule has 0 radical (unpaired) electrons. The van der Waals surface area contributed by atoms with E-state index in [1.54, 1.807) is 35.2 Å². The Morgan fingerprint density at radius 3 is 2.82 bits per heavy atom. The third kappa shape index (κ3) is 5.30. The summed E-state index contributed by atoms with van der Waals surface area (Å²) in [5, 5.41) is 5.78. The van der Waals surface area contributed by atoms with Crippen molar-refractivity contribution < 1.29 is 23.8 Å². The van der Waals surface area contributed by atoms with E-state index >= 15 is 0 Å². The fourth-order valence-corrected chi connectivity index (χ4v) is 3.10. The highest BCUT2D eigenvalue weighted by Crippen LogP contribution is 2.28. The lowest BCUT2D eigenvalue weighted by molar-refractivity contribution is 0.0413. The topological polar surface area (TPSA) is 89.5 Å². The monoisotopic (exact) mass is 403 g/mol. The number of carbonyl (C=O) groups is 2. The van der Waals surface area contributed by atoms with Gasteiger partial charge in [-0.25, -0.2) is 10.2 Å². The molecule has 0 spiro atoms. The predicted molar refractivity (Wildman–Crippen MR) is 105 cm³/mol. The molecule has 0 aliphatic carbocycles. The van der Waals surface area contributed by atoms with E-state index in [2.05, 4.69) is 10.5 Å². The summed E-state index contributed by atoms with van der Waals surface area (Å²) < 4.78 is 16.3. The molecule has 2 amide bonds. The number of nitrogens with zero attached hydrogens (tertiary/aromatic N) is 2. The average molecular weight is 403 g/mol.